The van der Waals surface area contributed by atoms with Gasteiger partial charge in [-0.3, -0.25) is 0 Å². The van der Waals surface area contributed by atoms with Crippen LogP contribution in [0.1, 0.15) is 11.1 Å². The van der Waals surface area contributed by atoms with E-state index in [-0.39, 0.29) is 5.82 Å². The van der Waals surface area contributed by atoms with Gasteiger partial charge in [0.15, 0.2) is 0 Å². The van der Waals surface area contributed by atoms with Crippen molar-refractivity contribution in [3.8, 4) is 0 Å². The van der Waals surface area contributed by atoms with Crippen LogP contribution < -0.4 is 5.73 Å². The van der Waals surface area contributed by atoms with Gasteiger partial charge in [-0.05, 0) is 30.7 Å². The van der Waals surface area contributed by atoms with Crippen molar-refractivity contribution in [2.45, 2.75) is 13.0 Å². The predicted molar refractivity (Wildman–Crippen MR) is 62.7 cm³/mol. The zero-order valence-corrected chi connectivity index (χ0v) is 9.07. The van der Waals surface area contributed by atoms with Gasteiger partial charge in [-0.25, -0.2) is 4.39 Å². The average molecular weight is 218 g/mol. The van der Waals surface area contributed by atoms with Gasteiger partial charge in [0.05, 0.1) is 0 Å². The SMILES string of the molecule is NCCc1ccn(Cc2ccccc2F)c1. The monoisotopic (exact) mass is 218 g/mol. The van der Waals surface area contributed by atoms with Crippen molar-refractivity contribution in [1.82, 2.24) is 4.57 Å². The summed E-state index contributed by atoms with van der Waals surface area (Å²) in [6.07, 6.45) is 4.83. The lowest BCUT2D eigenvalue weighted by atomic mass is 10.2. The highest BCUT2D eigenvalue weighted by Crippen LogP contribution is 2.10. The first-order valence-corrected chi connectivity index (χ1v) is 5.37. The third kappa shape index (κ3) is 2.49. The number of hydrogen-bond donors (Lipinski definition) is 1. The third-order valence-electron chi connectivity index (χ3n) is 2.56. The Morgan fingerprint density at radius 1 is 1.19 bits per heavy atom. The summed E-state index contributed by atoms with van der Waals surface area (Å²) in [7, 11) is 0. The van der Waals surface area contributed by atoms with Gasteiger partial charge in [0, 0.05) is 24.5 Å². The van der Waals surface area contributed by atoms with E-state index in [0.717, 1.165) is 6.42 Å². The largest absolute Gasteiger partial charge is 0.350 e. The van der Waals surface area contributed by atoms with E-state index in [2.05, 4.69) is 0 Å². The van der Waals surface area contributed by atoms with E-state index < -0.39 is 0 Å². The number of rotatable bonds is 4. The summed E-state index contributed by atoms with van der Waals surface area (Å²) in [6, 6.07) is 8.86. The Balaban J connectivity index is 2.11. The second kappa shape index (κ2) is 4.94. The molecule has 2 N–H and O–H groups in total. The number of halogens is 1. The van der Waals surface area contributed by atoms with Crippen molar-refractivity contribution >= 4 is 0 Å². The molecule has 0 spiro atoms. The van der Waals surface area contributed by atoms with Crippen LogP contribution in [0.5, 0.6) is 0 Å². The van der Waals surface area contributed by atoms with E-state index in [1.165, 1.54) is 11.6 Å². The Hall–Kier alpha value is -1.61. The van der Waals surface area contributed by atoms with Crippen molar-refractivity contribution in [2.75, 3.05) is 6.54 Å². The molecule has 2 nitrogen and oxygen atoms in total. The van der Waals surface area contributed by atoms with Gasteiger partial charge >= 0.3 is 0 Å². The first-order valence-electron chi connectivity index (χ1n) is 5.37. The molecule has 84 valence electrons. The molecule has 1 heterocycles. The maximum Gasteiger partial charge on any atom is 0.128 e. The topological polar surface area (TPSA) is 30.9 Å². The molecule has 0 aliphatic heterocycles. The number of benzene rings is 1. The van der Waals surface area contributed by atoms with Crippen LogP contribution in [0.4, 0.5) is 4.39 Å². The molecule has 2 aromatic rings. The first kappa shape index (κ1) is 10.9. The molecule has 3 heteroatoms. The van der Waals surface area contributed by atoms with Crippen molar-refractivity contribution < 1.29 is 4.39 Å². The lowest BCUT2D eigenvalue weighted by Crippen LogP contribution is -2.02. The van der Waals surface area contributed by atoms with E-state index in [1.54, 1.807) is 12.1 Å². The summed E-state index contributed by atoms with van der Waals surface area (Å²) < 4.78 is 15.4. The highest BCUT2D eigenvalue weighted by atomic mass is 19.1. The fourth-order valence-corrected chi connectivity index (χ4v) is 1.73. The van der Waals surface area contributed by atoms with Crippen LogP contribution in [0.15, 0.2) is 42.7 Å². The van der Waals surface area contributed by atoms with E-state index in [9.17, 15) is 4.39 Å². The Bertz CT molecular complexity index is 462. The van der Waals surface area contributed by atoms with Crippen LogP contribution in [-0.2, 0) is 13.0 Å². The second-order valence-electron chi connectivity index (χ2n) is 3.82. The van der Waals surface area contributed by atoms with Crippen LogP contribution in [-0.4, -0.2) is 11.1 Å². The van der Waals surface area contributed by atoms with Crippen LogP contribution in [0.3, 0.4) is 0 Å². The van der Waals surface area contributed by atoms with Gasteiger partial charge in [0.1, 0.15) is 5.82 Å². The lowest BCUT2D eigenvalue weighted by molar-refractivity contribution is 0.600. The Labute approximate surface area is 94.5 Å². The third-order valence-corrected chi connectivity index (χ3v) is 2.56. The summed E-state index contributed by atoms with van der Waals surface area (Å²) >= 11 is 0. The molecule has 2 rings (SSSR count). The molecule has 0 atom stereocenters. The van der Waals surface area contributed by atoms with Crippen LogP contribution in [0.25, 0.3) is 0 Å². The molecule has 0 amide bonds. The Kier molecular flexibility index (Phi) is 3.37. The summed E-state index contributed by atoms with van der Waals surface area (Å²) in [4.78, 5) is 0. The first-order chi connectivity index (χ1) is 7.79. The fraction of sp³-hybridized carbons (Fsp3) is 0.231. The molecular formula is C13H15FN2. The average Bonchev–Trinajstić information content (AvgIpc) is 2.70. The van der Waals surface area contributed by atoms with Gasteiger partial charge in [0.2, 0.25) is 0 Å². The number of nitrogens with zero attached hydrogens (tertiary/aromatic N) is 1. The molecule has 0 aliphatic carbocycles. The quantitative estimate of drug-likeness (QED) is 0.837. The minimum atomic E-state index is -0.156. The summed E-state index contributed by atoms with van der Waals surface area (Å²) in [5, 5.41) is 0. The fourth-order valence-electron chi connectivity index (χ4n) is 1.73. The normalized spacial score (nSPS) is 10.6. The highest BCUT2D eigenvalue weighted by Gasteiger charge is 2.02. The van der Waals surface area contributed by atoms with E-state index >= 15 is 0 Å². The van der Waals surface area contributed by atoms with Crippen LogP contribution >= 0.6 is 0 Å². The number of hydrogen-bond acceptors (Lipinski definition) is 1. The van der Waals surface area contributed by atoms with Crippen molar-refractivity contribution in [1.29, 1.82) is 0 Å². The molecule has 16 heavy (non-hydrogen) atoms. The van der Waals surface area contributed by atoms with E-state index in [4.69, 9.17) is 5.73 Å². The zero-order valence-electron chi connectivity index (χ0n) is 9.07. The minimum Gasteiger partial charge on any atom is -0.350 e. The molecule has 0 fully saturated rings. The number of aromatic nitrogens is 1. The summed E-state index contributed by atoms with van der Waals surface area (Å²) in [5.41, 5.74) is 7.38. The molecule has 0 radical (unpaired) electrons. The molecule has 1 aromatic heterocycles. The van der Waals surface area contributed by atoms with Crippen LogP contribution in [0, 0.1) is 5.82 Å². The maximum absolute atomic E-state index is 13.4. The lowest BCUT2D eigenvalue weighted by Gasteiger charge is -2.04. The molecule has 0 unspecified atom stereocenters. The smallest absolute Gasteiger partial charge is 0.128 e. The highest BCUT2D eigenvalue weighted by molar-refractivity contribution is 5.19. The molecule has 1 aromatic carbocycles. The molecule has 0 bridgehead atoms. The number of nitrogens with two attached hydrogens (primary N) is 1. The summed E-state index contributed by atoms with van der Waals surface area (Å²) in [5.74, 6) is -0.156. The van der Waals surface area contributed by atoms with E-state index in [0.29, 0.717) is 18.7 Å². The predicted octanol–water partition coefficient (Wildman–Crippen LogP) is 2.18. The summed E-state index contributed by atoms with van der Waals surface area (Å²) in [6.45, 7) is 1.21. The Morgan fingerprint density at radius 3 is 2.75 bits per heavy atom. The van der Waals surface area contributed by atoms with Gasteiger partial charge in [-0.1, -0.05) is 18.2 Å². The van der Waals surface area contributed by atoms with Crippen molar-refractivity contribution in [2.24, 2.45) is 5.73 Å². The Morgan fingerprint density at radius 2 is 2.00 bits per heavy atom. The molecule has 0 saturated carbocycles. The zero-order chi connectivity index (χ0) is 11.4. The molecule has 0 aliphatic rings. The van der Waals surface area contributed by atoms with E-state index in [1.807, 2.05) is 29.1 Å². The standard InChI is InChI=1S/C13H15FN2/c14-13-4-2-1-3-12(13)10-16-8-6-11(9-16)5-7-15/h1-4,6,8-9H,5,7,10,15H2. The van der Waals surface area contributed by atoms with Crippen molar-refractivity contribution in [3.63, 3.8) is 0 Å². The molecular weight excluding hydrogens is 203 g/mol. The van der Waals surface area contributed by atoms with Gasteiger partial charge in [0.25, 0.3) is 0 Å². The van der Waals surface area contributed by atoms with Crippen molar-refractivity contribution in [3.05, 3.63) is 59.7 Å². The van der Waals surface area contributed by atoms with Gasteiger partial charge < -0.3 is 10.3 Å². The maximum atomic E-state index is 13.4. The van der Waals surface area contributed by atoms with Crippen LogP contribution in [0.2, 0.25) is 0 Å². The van der Waals surface area contributed by atoms with Gasteiger partial charge in [-0.15, -0.1) is 0 Å². The molecule has 0 saturated heterocycles. The van der Waals surface area contributed by atoms with Gasteiger partial charge in [-0.2, -0.15) is 0 Å². The second-order valence-corrected chi connectivity index (χ2v) is 3.82. The minimum absolute atomic E-state index is 0.156.